The minimum Gasteiger partial charge on any atom is -0.493 e. The van der Waals surface area contributed by atoms with Crippen LogP contribution in [0.25, 0.3) is 6.08 Å². The average Bonchev–Trinajstić information content (AvgIpc) is 2.87. The highest BCUT2D eigenvalue weighted by Crippen LogP contribution is 2.37. The van der Waals surface area contributed by atoms with E-state index in [4.69, 9.17) is 30.5 Å². The van der Waals surface area contributed by atoms with Gasteiger partial charge in [0, 0.05) is 0 Å². The molecule has 2 aromatic carbocycles. The molecule has 1 heterocycles. The number of nitrogens with one attached hydrogen (secondary N) is 1. The van der Waals surface area contributed by atoms with Crippen LogP contribution in [-0.4, -0.2) is 49.7 Å². The molecular weight excluding hydrogens is 500 g/mol. The van der Waals surface area contributed by atoms with Gasteiger partial charge in [-0.2, -0.15) is 0 Å². The van der Waals surface area contributed by atoms with Crippen molar-refractivity contribution in [3.8, 4) is 23.0 Å². The fourth-order valence-corrected chi connectivity index (χ4v) is 3.88. The normalized spacial score (nSPS) is 14.6. The molecule has 0 aliphatic carbocycles. The Kier molecular flexibility index (Phi) is 9.79. The molecule has 0 radical (unpaired) electrons. The molecule has 37 heavy (non-hydrogen) atoms. The minimum atomic E-state index is -0.811. The number of barbiturate groups is 1. The number of nitrogens with zero attached hydrogens (tertiary/aromatic N) is 1. The summed E-state index contributed by atoms with van der Waals surface area (Å²) in [5, 5.41) is 2.50. The molecule has 0 aromatic heterocycles. The lowest BCUT2D eigenvalue weighted by atomic mass is 10.1. The highest BCUT2D eigenvalue weighted by atomic mass is 35.5. The van der Waals surface area contributed by atoms with Crippen molar-refractivity contribution in [2.24, 2.45) is 0 Å². The molecule has 1 saturated heterocycles. The Morgan fingerprint density at radius 3 is 2.32 bits per heavy atom. The summed E-state index contributed by atoms with van der Waals surface area (Å²) in [7, 11) is 1.51. The SMILES string of the molecule is CCCOc1ccc(CN2C(=O)NC(=O)/C(=C\c3cc(Cl)c(OCCC)c(OCC)c3)C2=O)cc1OC. The third kappa shape index (κ3) is 6.74. The molecule has 3 rings (SSSR count). The zero-order valence-electron chi connectivity index (χ0n) is 21.4. The molecular formula is C27H31ClN2O7. The molecule has 2 aromatic rings. The topological polar surface area (TPSA) is 103 Å². The lowest BCUT2D eigenvalue weighted by molar-refractivity contribution is -0.130. The molecule has 198 valence electrons. The van der Waals surface area contributed by atoms with E-state index >= 15 is 0 Å². The zero-order valence-corrected chi connectivity index (χ0v) is 22.1. The van der Waals surface area contributed by atoms with Crippen molar-refractivity contribution >= 4 is 35.5 Å². The maximum atomic E-state index is 13.3. The lowest BCUT2D eigenvalue weighted by Gasteiger charge is -2.26. The smallest absolute Gasteiger partial charge is 0.331 e. The Labute approximate surface area is 221 Å². The second kappa shape index (κ2) is 13.0. The number of methoxy groups -OCH3 is 1. The van der Waals surface area contributed by atoms with Crippen LogP contribution in [0, 0.1) is 0 Å². The van der Waals surface area contributed by atoms with Crippen molar-refractivity contribution in [3.05, 3.63) is 52.1 Å². The van der Waals surface area contributed by atoms with Crippen LogP contribution in [0.15, 0.2) is 35.9 Å². The van der Waals surface area contributed by atoms with Crippen molar-refractivity contribution in [3.63, 3.8) is 0 Å². The van der Waals surface area contributed by atoms with Crippen molar-refractivity contribution in [2.45, 2.75) is 40.2 Å². The van der Waals surface area contributed by atoms with E-state index < -0.39 is 17.8 Å². The molecule has 1 N–H and O–H groups in total. The number of ether oxygens (including phenoxy) is 4. The zero-order chi connectivity index (χ0) is 26.9. The molecule has 4 amide bonds. The van der Waals surface area contributed by atoms with Gasteiger partial charge in [-0.3, -0.25) is 19.8 Å². The van der Waals surface area contributed by atoms with Crippen molar-refractivity contribution in [1.29, 1.82) is 0 Å². The number of urea groups is 1. The number of hydrogen-bond acceptors (Lipinski definition) is 7. The van der Waals surface area contributed by atoms with E-state index in [2.05, 4.69) is 5.32 Å². The van der Waals surface area contributed by atoms with E-state index in [-0.39, 0.29) is 17.1 Å². The van der Waals surface area contributed by atoms with Gasteiger partial charge in [0.05, 0.1) is 38.5 Å². The van der Waals surface area contributed by atoms with Gasteiger partial charge in [0.25, 0.3) is 11.8 Å². The van der Waals surface area contributed by atoms with E-state index in [9.17, 15) is 14.4 Å². The predicted molar refractivity (Wildman–Crippen MR) is 139 cm³/mol. The Hall–Kier alpha value is -3.72. The van der Waals surface area contributed by atoms with Gasteiger partial charge in [0.2, 0.25) is 0 Å². The van der Waals surface area contributed by atoms with Crippen LogP contribution >= 0.6 is 11.6 Å². The van der Waals surface area contributed by atoms with Crippen molar-refractivity contribution < 1.29 is 33.3 Å². The standard InChI is InChI=1S/C27H31ClN2O7/c1-5-10-36-21-9-8-17(14-22(21)34-4)16-30-26(32)19(25(31)29-27(30)33)12-18-13-20(28)24(37-11-6-2)23(15-18)35-7-3/h8-9,12-15H,5-7,10-11,16H2,1-4H3,(H,29,31,33)/b19-12+. The maximum Gasteiger partial charge on any atom is 0.331 e. The number of halogens is 1. The molecule has 10 heteroatoms. The quantitative estimate of drug-likeness (QED) is 0.304. The first-order valence-corrected chi connectivity index (χ1v) is 12.5. The van der Waals surface area contributed by atoms with Gasteiger partial charge in [-0.15, -0.1) is 0 Å². The molecule has 1 fully saturated rings. The van der Waals surface area contributed by atoms with E-state index in [1.165, 1.54) is 13.2 Å². The van der Waals surface area contributed by atoms with Crippen molar-refractivity contribution in [2.75, 3.05) is 26.9 Å². The maximum absolute atomic E-state index is 13.3. The van der Waals surface area contributed by atoms with Crippen LogP contribution in [0.2, 0.25) is 5.02 Å². The Morgan fingerprint density at radius 1 is 0.919 bits per heavy atom. The Morgan fingerprint density at radius 2 is 1.65 bits per heavy atom. The number of benzene rings is 2. The molecule has 0 saturated carbocycles. The summed E-state index contributed by atoms with van der Waals surface area (Å²) in [5.41, 5.74) is 0.858. The van der Waals surface area contributed by atoms with Crippen molar-refractivity contribution in [1.82, 2.24) is 10.2 Å². The summed E-state index contributed by atoms with van der Waals surface area (Å²) >= 11 is 6.42. The second-order valence-corrected chi connectivity index (χ2v) is 8.56. The highest BCUT2D eigenvalue weighted by Gasteiger charge is 2.36. The first-order chi connectivity index (χ1) is 17.8. The highest BCUT2D eigenvalue weighted by molar-refractivity contribution is 6.33. The lowest BCUT2D eigenvalue weighted by Crippen LogP contribution is -2.53. The van der Waals surface area contributed by atoms with Gasteiger partial charge in [-0.1, -0.05) is 31.5 Å². The average molecular weight is 531 g/mol. The van der Waals surface area contributed by atoms with Crippen LogP contribution in [-0.2, 0) is 16.1 Å². The van der Waals surface area contributed by atoms with Gasteiger partial charge in [-0.05, 0) is 61.2 Å². The van der Waals surface area contributed by atoms with Crippen LogP contribution < -0.4 is 24.3 Å². The second-order valence-electron chi connectivity index (χ2n) is 8.15. The summed E-state index contributed by atoms with van der Waals surface area (Å²) in [4.78, 5) is 39.4. The largest absolute Gasteiger partial charge is 0.493 e. The summed E-state index contributed by atoms with van der Waals surface area (Å²) in [6, 6.07) is 7.54. The molecule has 1 aliphatic heterocycles. The first-order valence-electron chi connectivity index (χ1n) is 12.1. The summed E-state index contributed by atoms with van der Waals surface area (Å²) in [6.07, 6.45) is 2.99. The summed E-state index contributed by atoms with van der Waals surface area (Å²) < 4.78 is 22.4. The van der Waals surface area contributed by atoms with Gasteiger partial charge in [0.15, 0.2) is 23.0 Å². The Bertz CT molecular complexity index is 1200. The first kappa shape index (κ1) is 27.9. The van der Waals surface area contributed by atoms with Crippen LogP contribution in [0.3, 0.4) is 0 Å². The van der Waals surface area contributed by atoms with Gasteiger partial charge < -0.3 is 18.9 Å². The molecule has 0 bridgehead atoms. The molecule has 0 atom stereocenters. The third-order valence-electron chi connectivity index (χ3n) is 5.31. The molecule has 1 aliphatic rings. The Balaban J connectivity index is 1.90. The number of hydrogen-bond donors (Lipinski definition) is 1. The van der Waals surface area contributed by atoms with Crippen LogP contribution in [0.5, 0.6) is 23.0 Å². The molecule has 0 unspecified atom stereocenters. The monoisotopic (exact) mass is 530 g/mol. The van der Waals surface area contributed by atoms with Crippen LogP contribution in [0.1, 0.15) is 44.7 Å². The fourth-order valence-electron chi connectivity index (χ4n) is 3.61. The number of carbonyl (C=O) groups excluding carboxylic acids is 3. The number of amides is 4. The fraction of sp³-hybridized carbons (Fsp3) is 0.370. The van der Waals surface area contributed by atoms with E-state index in [1.807, 2.05) is 20.8 Å². The third-order valence-corrected chi connectivity index (χ3v) is 5.59. The van der Waals surface area contributed by atoms with Gasteiger partial charge in [-0.25, -0.2) is 4.79 Å². The van der Waals surface area contributed by atoms with Gasteiger partial charge in [0.1, 0.15) is 5.57 Å². The number of carbonyl (C=O) groups is 3. The minimum absolute atomic E-state index is 0.0749. The van der Waals surface area contributed by atoms with E-state index in [1.54, 1.807) is 30.3 Å². The summed E-state index contributed by atoms with van der Waals surface area (Å²) in [6.45, 7) is 7.06. The predicted octanol–water partition coefficient (Wildman–Crippen LogP) is 4.99. The molecule has 9 nitrogen and oxygen atoms in total. The van der Waals surface area contributed by atoms with Crippen LogP contribution in [0.4, 0.5) is 4.79 Å². The summed E-state index contributed by atoms with van der Waals surface area (Å²) in [5.74, 6) is 0.290. The number of imide groups is 2. The molecule has 0 spiro atoms. The number of rotatable bonds is 12. The van der Waals surface area contributed by atoms with E-state index in [0.717, 1.165) is 17.7 Å². The van der Waals surface area contributed by atoms with E-state index in [0.29, 0.717) is 53.9 Å². The van der Waals surface area contributed by atoms with Gasteiger partial charge >= 0.3 is 6.03 Å².